The van der Waals surface area contributed by atoms with Gasteiger partial charge in [-0.25, -0.2) is 9.67 Å². The number of thiazole rings is 1. The maximum Gasteiger partial charge on any atom is 0.282 e. The quantitative estimate of drug-likeness (QED) is 0.191. The first-order valence-corrected chi connectivity index (χ1v) is 13.4. The molecular formula is C29H28N6O4S. The molecule has 0 bridgehead atoms. The molecule has 11 heteroatoms. The summed E-state index contributed by atoms with van der Waals surface area (Å²) in [5.74, 6) is 0.134. The lowest BCUT2D eigenvalue weighted by molar-refractivity contribution is -0.385. The molecule has 0 aliphatic carbocycles. The molecule has 0 spiro atoms. The Morgan fingerprint density at radius 3 is 2.70 bits per heavy atom. The first-order chi connectivity index (χ1) is 19.1. The number of hydrogen-bond donors (Lipinski definition) is 1. The zero-order chi connectivity index (χ0) is 28.4. The van der Waals surface area contributed by atoms with E-state index >= 15 is 0 Å². The Kier molecular flexibility index (Phi) is 7.31. The Labute approximate surface area is 234 Å². The van der Waals surface area contributed by atoms with Gasteiger partial charge in [-0.2, -0.15) is 0 Å². The monoisotopic (exact) mass is 556 g/mol. The molecule has 40 heavy (non-hydrogen) atoms. The van der Waals surface area contributed by atoms with Crippen LogP contribution in [0.4, 0.5) is 5.69 Å². The number of nitrogens with zero attached hydrogens (tertiary/aromatic N) is 5. The summed E-state index contributed by atoms with van der Waals surface area (Å²) in [6, 6.07) is 18.3. The minimum Gasteiger partial charge on any atom is -0.497 e. The fraction of sp³-hybridized carbons (Fsp3) is 0.241. The summed E-state index contributed by atoms with van der Waals surface area (Å²) in [5, 5.41) is 23.5. The first kappa shape index (κ1) is 26.9. The van der Waals surface area contributed by atoms with E-state index in [1.54, 1.807) is 24.1 Å². The normalized spacial score (nSPS) is 11.5. The Morgan fingerprint density at radius 1 is 1.12 bits per heavy atom. The number of hydrogen-bond acceptors (Lipinski definition) is 8. The van der Waals surface area contributed by atoms with Crippen LogP contribution in [0.15, 0.2) is 66.9 Å². The molecule has 1 N–H and O–H groups in total. The molecule has 0 fully saturated rings. The predicted octanol–water partition coefficient (Wildman–Crippen LogP) is 5.75. The molecule has 3 aromatic carbocycles. The van der Waals surface area contributed by atoms with Crippen molar-refractivity contribution >= 4 is 33.1 Å². The largest absolute Gasteiger partial charge is 0.497 e. The summed E-state index contributed by atoms with van der Waals surface area (Å²) < 4.78 is 7.86. The molecular weight excluding hydrogens is 528 g/mol. The van der Waals surface area contributed by atoms with E-state index in [9.17, 15) is 14.9 Å². The number of methoxy groups -OCH3 is 1. The van der Waals surface area contributed by atoms with Gasteiger partial charge in [0.25, 0.3) is 11.6 Å². The van der Waals surface area contributed by atoms with Gasteiger partial charge in [-0.1, -0.05) is 56.3 Å². The van der Waals surface area contributed by atoms with Gasteiger partial charge >= 0.3 is 0 Å². The molecule has 5 aromatic rings. The molecule has 5 rings (SSSR count). The van der Waals surface area contributed by atoms with E-state index in [1.165, 1.54) is 29.0 Å². The van der Waals surface area contributed by atoms with Crippen molar-refractivity contribution in [1.29, 1.82) is 0 Å². The molecule has 0 saturated heterocycles. The number of fused-ring (bicyclic) bond motifs is 1. The van der Waals surface area contributed by atoms with Gasteiger partial charge in [0.05, 0.1) is 41.5 Å². The van der Waals surface area contributed by atoms with Crippen LogP contribution >= 0.6 is 11.3 Å². The van der Waals surface area contributed by atoms with E-state index in [2.05, 4.69) is 53.5 Å². The van der Waals surface area contributed by atoms with E-state index in [1.807, 2.05) is 30.3 Å². The van der Waals surface area contributed by atoms with Crippen molar-refractivity contribution in [3.05, 3.63) is 99.4 Å². The molecule has 1 amide bonds. The first-order valence-electron chi connectivity index (χ1n) is 12.6. The van der Waals surface area contributed by atoms with Crippen molar-refractivity contribution in [2.45, 2.75) is 39.3 Å². The van der Waals surface area contributed by atoms with E-state index in [0.717, 1.165) is 15.8 Å². The van der Waals surface area contributed by atoms with Gasteiger partial charge in [0.1, 0.15) is 22.0 Å². The zero-order valence-corrected chi connectivity index (χ0v) is 23.4. The molecule has 2 heterocycles. The van der Waals surface area contributed by atoms with Crippen molar-refractivity contribution in [3.63, 3.8) is 0 Å². The van der Waals surface area contributed by atoms with Crippen LogP contribution in [0.1, 0.15) is 48.0 Å². The second-order valence-corrected chi connectivity index (χ2v) is 11.4. The number of amides is 1. The number of carbonyl (C=O) groups excluding carboxylic acids is 1. The third-order valence-corrected chi connectivity index (χ3v) is 7.50. The molecule has 0 unspecified atom stereocenters. The predicted molar refractivity (Wildman–Crippen MR) is 154 cm³/mol. The van der Waals surface area contributed by atoms with Crippen LogP contribution in [0.25, 0.3) is 20.8 Å². The third kappa shape index (κ3) is 5.84. The number of aromatic nitrogens is 4. The maximum absolute atomic E-state index is 12.9. The number of benzene rings is 3. The van der Waals surface area contributed by atoms with Crippen LogP contribution in [0.3, 0.4) is 0 Å². The fourth-order valence-electron chi connectivity index (χ4n) is 4.25. The summed E-state index contributed by atoms with van der Waals surface area (Å²) in [6.45, 7) is 7.12. The van der Waals surface area contributed by atoms with E-state index < -0.39 is 10.8 Å². The lowest BCUT2D eigenvalue weighted by Gasteiger charge is -2.19. The highest BCUT2D eigenvalue weighted by Gasteiger charge is 2.22. The van der Waals surface area contributed by atoms with Gasteiger partial charge < -0.3 is 10.1 Å². The van der Waals surface area contributed by atoms with Crippen LogP contribution in [0, 0.1) is 10.1 Å². The summed E-state index contributed by atoms with van der Waals surface area (Å²) in [5.41, 5.74) is 3.89. The molecule has 2 aromatic heterocycles. The van der Waals surface area contributed by atoms with Crippen molar-refractivity contribution in [1.82, 2.24) is 25.3 Å². The van der Waals surface area contributed by atoms with Gasteiger partial charge in [0.15, 0.2) is 0 Å². The summed E-state index contributed by atoms with van der Waals surface area (Å²) in [6.07, 6.45) is 1.75. The van der Waals surface area contributed by atoms with Crippen molar-refractivity contribution < 1.29 is 14.5 Å². The molecule has 0 aliphatic rings. The number of carbonyl (C=O) groups is 1. The van der Waals surface area contributed by atoms with Gasteiger partial charge in [-0.3, -0.25) is 14.9 Å². The second-order valence-electron chi connectivity index (χ2n) is 10.4. The van der Waals surface area contributed by atoms with E-state index in [-0.39, 0.29) is 23.2 Å². The summed E-state index contributed by atoms with van der Waals surface area (Å²) in [7, 11) is 1.59. The third-order valence-electron chi connectivity index (χ3n) is 6.44. The maximum atomic E-state index is 12.9. The Bertz CT molecular complexity index is 1720. The van der Waals surface area contributed by atoms with E-state index in [0.29, 0.717) is 28.6 Å². The minimum absolute atomic E-state index is 0.0388. The SMILES string of the molecule is COc1ccc2nc(-c3ccc(C(=O)NCc4cn(Cc5cccc(C(C)(C)C)c5)nn4)c([N+](=O)[O-])c3)sc2c1. The number of nitro benzene ring substituents is 1. The molecule has 204 valence electrons. The summed E-state index contributed by atoms with van der Waals surface area (Å²) >= 11 is 1.39. The topological polar surface area (TPSA) is 125 Å². The van der Waals surface area contributed by atoms with Gasteiger partial charge in [-0.15, -0.1) is 16.4 Å². The van der Waals surface area contributed by atoms with Crippen molar-refractivity contribution in [2.75, 3.05) is 7.11 Å². The van der Waals surface area contributed by atoms with Crippen molar-refractivity contribution in [2.24, 2.45) is 0 Å². The lowest BCUT2D eigenvalue weighted by Crippen LogP contribution is -2.24. The molecule has 0 radical (unpaired) electrons. The average Bonchev–Trinajstić information content (AvgIpc) is 3.57. The van der Waals surface area contributed by atoms with Gasteiger partial charge in [0, 0.05) is 11.6 Å². The highest BCUT2D eigenvalue weighted by atomic mass is 32.1. The Balaban J connectivity index is 1.28. The Hall–Kier alpha value is -4.64. The lowest BCUT2D eigenvalue weighted by atomic mass is 9.86. The number of nitrogens with one attached hydrogen (secondary N) is 1. The number of nitro groups is 1. The Morgan fingerprint density at radius 2 is 1.95 bits per heavy atom. The molecule has 0 atom stereocenters. The van der Waals surface area contributed by atoms with Crippen LogP contribution in [0.2, 0.25) is 0 Å². The zero-order valence-electron chi connectivity index (χ0n) is 22.5. The second kappa shape index (κ2) is 10.9. The van der Waals surface area contributed by atoms with Gasteiger partial charge in [-0.05, 0) is 40.8 Å². The standard InChI is InChI=1S/C29H28N6O4S/c1-29(2,3)20-7-5-6-18(12-20)16-34-17-21(32-33-34)15-30-27(36)23-10-8-19(13-25(23)35(37)38)28-31-24-11-9-22(39-4)14-26(24)40-28/h5-14,17H,15-16H2,1-4H3,(H,30,36). The van der Waals surface area contributed by atoms with E-state index in [4.69, 9.17) is 4.74 Å². The average molecular weight is 557 g/mol. The summed E-state index contributed by atoms with van der Waals surface area (Å²) in [4.78, 5) is 28.8. The van der Waals surface area contributed by atoms with Crippen LogP contribution in [-0.4, -0.2) is 37.9 Å². The van der Waals surface area contributed by atoms with Gasteiger partial charge in [0.2, 0.25) is 0 Å². The van der Waals surface area contributed by atoms with Crippen molar-refractivity contribution in [3.8, 4) is 16.3 Å². The molecule has 0 aliphatic heterocycles. The molecule has 0 saturated carbocycles. The number of ether oxygens (including phenoxy) is 1. The van der Waals surface area contributed by atoms with Crippen LogP contribution in [-0.2, 0) is 18.5 Å². The van der Waals surface area contributed by atoms with Crippen LogP contribution < -0.4 is 10.1 Å². The molecule has 10 nitrogen and oxygen atoms in total. The van der Waals surface area contributed by atoms with Crippen LogP contribution in [0.5, 0.6) is 5.75 Å². The highest BCUT2D eigenvalue weighted by molar-refractivity contribution is 7.21. The smallest absolute Gasteiger partial charge is 0.282 e. The highest BCUT2D eigenvalue weighted by Crippen LogP contribution is 2.34. The fourth-order valence-corrected chi connectivity index (χ4v) is 5.24. The number of rotatable bonds is 8. The minimum atomic E-state index is -0.570.